The molecule has 3 aliphatic rings. The molecule has 2 unspecified atom stereocenters. The summed E-state index contributed by atoms with van der Waals surface area (Å²) in [5.41, 5.74) is 1.35. The van der Waals surface area contributed by atoms with Gasteiger partial charge in [-0.1, -0.05) is 43.2 Å². The molecule has 2 saturated heterocycles. The summed E-state index contributed by atoms with van der Waals surface area (Å²) in [4.78, 5) is 29.8. The van der Waals surface area contributed by atoms with E-state index in [1.807, 2.05) is 17.9 Å². The van der Waals surface area contributed by atoms with Crippen molar-refractivity contribution in [2.24, 2.45) is 17.3 Å². The van der Waals surface area contributed by atoms with E-state index in [2.05, 4.69) is 29.2 Å². The third-order valence-corrected chi connectivity index (χ3v) is 7.31. The zero-order valence-electron chi connectivity index (χ0n) is 17.6. The fourth-order valence-corrected chi connectivity index (χ4v) is 5.64. The Labute approximate surface area is 174 Å². The minimum absolute atomic E-state index is 0.0198. The molecule has 2 heterocycles. The quantitative estimate of drug-likeness (QED) is 0.709. The lowest BCUT2D eigenvalue weighted by molar-refractivity contribution is -0.136. The number of benzene rings is 1. The van der Waals surface area contributed by atoms with Crippen molar-refractivity contribution in [2.75, 3.05) is 39.4 Å². The van der Waals surface area contributed by atoms with Crippen LogP contribution in [-0.2, 0) is 20.7 Å². The molecule has 2 amide bonds. The average Bonchev–Trinajstić information content (AvgIpc) is 3.45. The van der Waals surface area contributed by atoms with Crippen molar-refractivity contribution in [3.8, 4) is 0 Å². The van der Waals surface area contributed by atoms with Crippen LogP contribution in [0.15, 0.2) is 30.3 Å². The number of hydrogen-bond acceptors (Lipinski definition) is 3. The first-order valence-electron chi connectivity index (χ1n) is 11.3. The van der Waals surface area contributed by atoms with Crippen LogP contribution in [0.1, 0.15) is 44.6 Å². The standard InChI is InChI=1S/C24H34N2O3/c1-2-29-16-22(27)25-14-21-15-26(23(28)20-10-6-7-11-20)18-24(21,17-25)13-12-19-8-4-3-5-9-19/h3-5,8-9,20-21H,2,6-7,10-18H2,1H3. The summed E-state index contributed by atoms with van der Waals surface area (Å²) in [6.07, 6.45) is 6.50. The van der Waals surface area contributed by atoms with Crippen molar-refractivity contribution < 1.29 is 14.3 Å². The number of carbonyl (C=O) groups is 2. The van der Waals surface area contributed by atoms with Gasteiger partial charge in [0.25, 0.3) is 0 Å². The van der Waals surface area contributed by atoms with Crippen molar-refractivity contribution in [1.29, 1.82) is 0 Å². The Hall–Kier alpha value is -1.88. The average molecular weight is 399 g/mol. The second-order valence-corrected chi connectivity index (χ2v) is 9.16. The number of hydrogen-bond donors (Lipinski definition) is 0. The molecule has 29 heavy (non-hydrogen) atoms. The Morgan fingerprint density at radius 3 is 2.48 bits per heavy atom. The van der Waals surface area contributed by atoms with Gasteiger partial charge in [-0.25, -0.2) is 0 Å². The van der Waals surface area contributed by atoms with Crippen LogP contribution in [0.4, 0.5) is 0 Å². The Morgan fingerprint density at radius 1 is 1.07 bits per heavy atom. The van der Waals surface area contributed by atoms with E-state index in [0.717, 1.165) is 51.9 Å². The van der Waals surface area contributed by atoms with Crippen LogP contribution in [0.3, 0.4) is 0 Å². The number of aryl methyl sites for hydroxylation is 1. The van der Waals surface area contributed by atoms with Crippen LogP contribution in [0.2, 0.25) is 0 Å². The molecule has 158 valence electrons. The molecule has 1 aromatic rings. The van der Waals surface area contributed by atoms with Gasteiger partial charge >= 0.3 is 0 Å². The van der Waals surface area contributed by atoms with Gasteiger partial charge in [0.1, 0.15) is 6.61 Å². The Bertz CT molecular complexity index is 716. The highest BCUT2D eigenvalue weighted by atomic mass is 16.5. The fourth-order valence-electron chi connectivity index (χ4n) is 5.64. The highest BCUT2D eigenvalue weighted by Crippen LogP contribution is 2.46. The molecular weight excluding hydrogens is 364 g/mol. The van der Waals surface area contributed by atoms with Crippen LogP contribution in [0.5, 0.6) is 0 Å². The number of carbonyl (C=O) groups excluding carboxylic acids is 2. The Balaban J connectivity index is 1.47. The summed E-state index contributed by atoms with van der Waals surface area (Å²) in [6.45, 7) is 5.77. The first-order chi connectivity index (χ1) is 14.1. The fraction of sp³-hybridized carbons (Fsp3) is 0.667. The van der Waals surface area contributed by atoms with E-state index in [-0.39, 0.29) is 23.8 Å². The molecule has 1 aliphatic carbocycles. The first-order valence-corrected chi connectivity index (χ1v) is 11.3. The molecule has 1 saturated carbocycles. The van der Waals surface area contributed by atoms with Gasteiger partial charge in [-0.05, 0) is 38.2 Å². The first kappa shape index (κ1) is 20.4. The number of nitrogens with zero attached hydrogens (tertiary/aromatic N) is 2. The third kappa shape index (κ3) is 4.35. The van der Waals surface area contributed by atoms with Crippen molar-refractivity contribution in [1.82, 2.24) is 9.80 Å². The van der Waals surface area contributed by atoms with E-state index in [1.165, 1.54) is 18.4 Å². The maximum atomic E-state index is 13.1. The summed E-state index contributed by atoms with van der Waals surface area (Å²) < 4.78 is 5.36. The normalized spacial score (nSPS) is 26.9. The van der Waals surface area contributed by atoms with Crippen molar-refractivity contribution >= 4 is 11.8 Å². The van der Waals surface area contributed by atoms with Crippen LogP contribution in [-0.4, -0.2) is 61.0 Å². The van der Waals surface area contributed by atoms with E-state index < -0.39 is 0 Å². The van der Waals surface area contributed by atoms with Crippen LogP contribution in [0, 0.1) is 17.3 Å². The molecular formula is C24H34N2O3. The largest absolute Gasteiger partial charge is 0.372 e. The predicted molar refractivity (Wildman–Crippen MR) is 112 cm³/mol. The predicted octanol–water partition coefficient (Wildman–Crippen LogP) is 3.13. The van der Waals surface area contributed by atoms with Crippen LogP contribution < -0.4 is 0 Å². The maximum Gasteiger partial charge on any atom is 0.248 e. The van der Waals surface area contributed by atoms with Crippen LogP contribution in [0.25, 0.3) is 0 Å². The van der Waals surface area contributed by atoms with Gasteiger partial charge in [0.05, 0.1) is 0 Å². The van der Waals surface area contributed by atoms with Gasteiger partial charge in [-0.2, -0.15) is 0 Å². The zero-order chi connectivity index (χ0) is 20.3. The van der Waals surface area contributed by atoms with Crippen molar-refractivity contribution in [3.63, 3.8) is 0 Å². The molecule has 2 atom stereocenters. The molecule has 0 spiro atoms. The van der Waals surface area contributed by atoms with Gasteiger partial charge in [-0.3, -0.25) is 9.59 Å². The van der Waals surface area contributed by atoms with E-state index >= 15 is 0 Å². The molecule has 5 heteroatoms. The second kappa shape index (κ2) is 8.86. The lowest BCUT2D eigenvalue weighted by atomic mass is 9.76. The maximum absolute atomic E-state index is 13.1. The van der Waals surface area contributed by atoms with E-state index in [4.69, 9.17) is 4.74 Å². The van der Waals surface area contributed by atoms with Gasteiger partial charge in [0, 0.05) is 50.0 Å². The van der Waals surface area contributed by atoms with Gasteiger partial charge in [0.2, 0.25) is 11.8 Å². The van der Waals surface area contributed by atoms with Gasteiger partial charge in [0.15, 0.2) is 0 Å². The summed E-state index contributed by atoms with van der Waals surface area (Å²) in [7, 11) is 0. The van der Waals surface area contributed by atoms with Crippen molar-refractivity contribution in [2.45, 2.75) is 45.4 Å². The molecule has 0 bridgehead atoms. The minimum Gasteiger partial charge on any atom is -0.372 e. The number of likely N-dealkylation sites (tertiary alicyclic amines) is 2. The van der Waals surface area contributed by atoms with E-state index in [0.29, 0.717) is 18.4 Å². The number of amides is 2. The Kier molecular flexibility index (Phi) is 6.23. The molecule has 5 nitrogen and oxygen atoms in total. The lowest BCUT2D eigenvalue weighted by Gasteiger charge is -2.30. The highest BCUT2D eigenvalue weighted by Gasteiger charge is 2.54. The summed E-state index contributed by atoms with van der Waals surface area (Å²) in [5.74, 6) is 1.06. The van der Waals surface area contributed by atoms with Gasteiger partial charge < -0.3 is 14.5 Å². The summed E-state index contributed by atoms with van der Waals surface area (Å²) in [6, 6.07) is 10.6. The monoisotopic (exact) mass is 398 g/mol. The number of rotatable bonds is 7. The molecule has 1 aromatic carbocycles. The Morgan fingerprint density at radius 2 is 1.76 bits per heavy atom. The molecule has 4 rings (SSSR count). The highest BCUT2D eigenvalue weighted by molar-refractivity contribution is 5.80. The minimum atomic E-state index is 0.0198. The topological polar surface area (TPSA) is 49.9 Å². The smallest absolute Gasteiger partial charge is 0.248 e. The van der Waals surface area contributed by atoms with E-state index in [9.17, 15) is 9.59 Å². The molecule has 0 N–H and O–H groups in total. The number of fused-ring (bicyclic) bond motifs is 1. The molecule has 3 fully saturated rings. The third-order valence-electron chi connectivity index (χ3n) is 7.31. The van der Waals surface area contributed by atoms with E-state index in [1.54, 1.807) is 0 Å². The molecule has 0 aromatic heterocycles. The molecule has 2 aliphatic heterocycles. The summed E-state index contributed by atoms with van der Waals surface area (Å²) >= 11 is 0. The van der Waals surface area contributed by atoms with Crippen LogP contribution >= 0.6 is 0 Å². The SMILES string of the molecule is CCOCC(=O)N1CC2CN(C(=O)C3CCCC3)CC2(CCc2ccccc2)C1. The second-order valence-electron chi connectivity index (χ2n) is 9.16. The number of ether oxygens (including phenoxy) is 1. The van der Waals surface area contributed by atoms with Crippen molar-refractivity contribution in [3.05, 3.63) is 35.9 Å². The lowest BCUT2D eigenvalue weighted by Crippen LogP contribution is -2.41. The zero-order valence-corrected chi connectivity index (χ0v) is 17.6. The summed E-state index contributed by atoms with van der Waals surface area (Å²) in [5, 5.41) is 0. The molecule has 0 radical (unpaired) electrons. The van der Waals surface area contributed by atoms with Gasteiger partial charge in [-0.15, -0.1) is 0 Å².